The molecule has 3 aromatic heterocycles. The molecule has 0 atom stereocenters. The molecular weight excluding hydrogens is 342 g/mol. The number of hydrogen-bond acceptors (Lipinski definition) is 5. The van der Waals surface area contributed by atoms with E-state index in [9.17, 15) is 4.79 Å². The Morgan fingerprint density at radius 3 is 2.89 bits per heavy atom. The zero-order chi connectivity index (χ0) is 18.8. The number of amides is 1. The quantitative estimate of drug-likeness (QED) is 0.711. The average molecular weight is 363 g/mol. The Balaban J connectivity index is 1.53. The van der Waals surface area contributed by atoms with Gasteiger partial charge in [-0.3, -0.25) is 9.48 Å². The molecular formula is C20H21N5O2. The normalized spacial score (nSPS) is 13.3. The predicted molar refractivity (Wildman–Crippen MR) is 99.2 cm³/mol. The zero-order valence-electron chi connectivity index (χ0n) is 15.4. The van der Waals surface area contributed by atoms with Crippen molar-refractivity contribution in [3.63, 3.8) is 0 Å². The molecule has 7 nitrogen and oxygen atoms in total. The number of rotatable bonds is 4. The second-order valence-corrected chi connectivity index (χ2v) is 6.59. The zero-order valence-corrected chi connectivity index (χ0v) is 15.4. The Hall–Kier alpha value is -3.22. The van der Waals surface area contributed by atoms with E-state index in [1.807, 2.05) is 53.9 Å². The molecule has 1 amide bonds. The Morgan fingerprint density at radius 2 is 2.11 bits per heavy atom. The van der Waals surface area contributed by atoms with Crippen LogP contribution in [0.15, 0.2) is 42.6 Å². The van der Waals surface area contributed by atoms with Crippen molar-refractivity contribution in [1.29, 1.82) is 0 Å². The third kappa shape index (κ3) is 3.53. The largest absolute Gasteiger partial charge is 0.471 e. The number of hydrogen-bond donors (Lipinski definition) is 0. The Morgan fingerprint density at radius 1 is 1.22 bits per heavy atom. The van der Waals surface area contributed by atoms with Gasteiger partial charge in [0.05, 0.1) is 0 Å². The van der Waals surface area contributed by atoms with Crippen LogP contribution in [0.1, 0.15) is 33.1 Å². The van der Waals surface area contributed by atoms with Crippen LogP contribution in [0.5, 0.6) is 5.88 Å². The van der Waals surface area contributed by atoms with Crippen molar-refractivity contribution in [2.75, 3.05) is 6.54 Å². The summed E-state index contributed by atoms with van der Waals surface area (Å²) in [5.74, 6) is 0.509. The molecule has 0 bridgehead atoms. The second kappa shape index (κ2) is 7.19. The van der Waals surface area contributed by atoms with Crippen molar-refractivity contribution < 1.29 is 9.53 Å². The van der Waals surface area contributed by atoms with Gasteiger partial charge in [0.15, 0.2) is 0 Å². The van der Waals surface area contributed by atoms with Crippen LogP contribution < -0.4 is 4.74 Å². The molecule has 1 aliphatic rings. The van der Waals surface area contributed by atoms with Gasteiger partial charge in [0.25, 0.3) is 5.91 Å². The van der Waals surface area contributed by atoms with E-state index in [2.05, 4.69) is 15.1 Å². The highest BCUT2D eigenvalue weighted by molar-refractivity contribution is 5.92. The van der Waals surface area contributed by atoms with Crippen LogP contribution in [0.3, 0.4) is 0 Å². The first-order valence-corrected chi connectivity index (χ1v) is 8.92. The first-order valence-electron chi connectivity index (χ1n) is 8.92. The van der Waals surface area contributed by atoms with Gasteiger partial charge in [-0.15, -0.1) is 0 Å². The standard InChI is InChI=1S/C20H21N5O2/c1-14-6-5-7-16(22-14)20(26)25-11-9-18-15(12-25)17(23-24(18)2)13-27-19-8-3-4-10-21-19/h3-8,10H,9,11-13H2,1-2H3. The van der Waals surface area contributed by atoms with E-state index < -0.39 is 0 Å². The number of nitrogens with zero attached hydrogens (tertiary/aromatic N) is 5. The summed E-state index contributed by atoms with van der Waals surface area (Å²) in [7, 11) is 1.93. The predicted octanol–water partition coefficient (Wildman–Crippen LogP) is 2.30. The molecule has 4 heterocycles. The first kappa shape index (κ1) is 17.2. The van der Waals surface area contributed by atoms with E-state index >= 15 is 0 Å². The molecule has 4 rings (SSSR count). The van der Waals surface area contributed by atoms with Crippen molar-refractivity contribution in [2.45, 2.75) is 26.5 Å². The molecule has 1 aliphatic heterocycles. The van der Waals surface area contributed by atoms with Crippen molar-refractivity contribution >= 4 is 5.91 Å². The number of aryl methyl sites for hydroxylation is 2. The van der Waals surface area contributed by atoms with Gasteiger partial charge >= 0.3 is 0 Å². The van der Waals surface area contributed by atoms with Gasteiger partial charge in [0.2, 0.25) is 5.88 Å². The van der Waals surface area contributed by atoms with Gasteiger partial charge in [-0.1, -0.05) is 12.1 Å². The van der Waals surface area contributed by atoms with E-state index in [1.165, 1.54) is 0 Å². The SMILES string of the molecule is Cc1cccc(C(=O)N2CCc3c(c(COc4ccccn4)nn3C)C2)n1. The highest BCUT2D eigenvalue weighted by Gasteiger charge is 2.28. The number of carbonyl (C=O) groups is 1. The Kier molecular flexibility index (Phi) is 4.58. The topological polar surface area (TPSA) is 73.1 Å². The molecule has 138 valence electrons. The molecule has 27 heavy (non-hydrogen) atoms. The fourth-order valence-electron chi connectivity index (χ4n) is 3.36. The van der Waals surface area contributed by atoms with E-state index in [4.69, 9.17) is 4.74 Å². The van der Waals surface area contributed by atoms with Gasteiger partial charge in [0.1, 0.15) is 18.0 Å². The average Bonchev–Trinajstić information content (AvgIpc) is 3.02. The molecule has 0 saturated heterocycles. The first-order chi connectivity index (χ1) is 13.1. The fraction of sp³-hybridized carbons (Fsp3) is 0.300. The van der Waals surface area contributed by atoms with Crippen LogP contribution in [0, 0.1) is 6.92 Å². The number of carbonyl (C=O) groups excluding carboxylic acids is 1. The molecule has 0 fully saturated rings. The molecule has 0 unspecified atom stereocenters. The molecule has 0 spiro atoms. The van der Waals surface area contributed by atoms with Gasteiger partial charge in [-0.05, 0) is 25.1 Å². The van der Waals surface area contributed by atoms with Crippen molar-refractivity contribution in [1.82, 2.24) is 24.6 Å². The van der Waals surface area contributed by atoms with Crippen molar-refractivity contribution in [2.24, 2.45) is 7.05 Å². The van der Waals surface area contributed by atoms with Gasteiger partial charge in [-0.25, -0.2) is 9.97 Å². The summed E-state index contributed by atoms with van der Waals surface area (Å²) in [6.45, 7) is 3.38. The van der Waals surface area contributed by atoms with Crippen LogP contribution in [-0.4, -0.2) is 37.1 Å². The summed E-state index contributed by atoms with van der Waals surface area (Å²) in [5, 5.41) is 4.60. The minimum atomic E-state index is -0.0511. The Bertz CT molecular complexity index is 968. The molecule has 7 heteroatoms. The summed E-state index contributed by atoms with van der Waals surface area (Å²) in [5.41, 5.74) is 4.36. The minimum Gasteiger partial charge on any atom is -0.471 e. The third-order valence-electron chi connectivity index (χ3n) is 4.71. The van der Waals surface area contributed by atoms with E-state index in [0.29, 0.717) is 31.3 Å². The van der Waals surface area contributed by atoms with Crippen LogP contribution >= 0.6 is 0 Å². The monoisotopic (exact) mass is 363 g/mol. The third-order valence-corrected chi connectivity index (χ3v) is 4.71. The summed E-state index contributed by atoms with van der Waals surface area (Å²) in [6, 6.07) is 11.1. The molecule has 0 aromatic carbocycles. The smallest absolute Gasteiger partial charge is 0.272 e. The summed E-state index contributed by atoms with van der Waals surface area (Å²) >= 11 is 0. The molecule has 0 N–H and O–H groups in total. The maximum atomic E-state index is 12.9. The summed E-state index contributed by atoms with van der Waals surface area (Å²) in [6.07, 6.45) is 2.46. The van der Waals surface area contributed by atoms with Crippen LogP contribution in [0.25, 0.3) is 0 Å². The van der Waals surface area contributed by atoms with Crippen molar-refractivity contribution in [3.05, 3.63) is 70.9 Å². The van der Waals surface area contributed by atoms with Crippen LogP contribution in [0.2, 0.25) is 0 Å². The molecule has 0 saturated carbocycles. The van der Waals surface area contributed by atoms with Crippen LogP contribution in [-0.2, 0) is 26.6 Å². The lowest BCUT2D eigenvalue weighted by atomic mass is 10.0. The van der Waals surface area contributed by atoms with Gasteiger partial charge < -0.3 is 9.64 Å². The molecule has 0 aliphatic carbocycles. The van der Waals surface area contributed by atoms with Gasteiger partial charge in [-0.2, -0.15) is 5.10 Å². The van der Waals surface area contributed by atoms with Crippen LogP contribution in [0.4, 0.5) is 0 Å². The number of ether oxygens (including phenoxy) is 1. The summed E-state index contributed by atoms with van der Waals surface area (Å²) < 4.78 is 7.65. The van der Waals surface area contributed by atoms with Gasteiger partial charge in [0, 0.05) is 55.8 Å². The molecule has 3 aromatic rings. The lowest BCUT2D eigenvalue weighted by Gasteiger charge is -2.27. The highest BCUT2D eigenvalue weighted by atomic mass is 16.5. The second-order valence-electron chi connectivity index (χ2n) is 6.59. The number of aromatic nitrogens is 4. The van der Waals surface area contributed by atoms with E-state index in [-0.39, 0.29) is 5.91 Å². The highest BCUT2D eigenvalue weighted by Crippen LogP contribution is 2.24. The maximum absolute atomic E-state index is 12.9. The number of pyridine rings is 2. The Labute approximate surface area is 157 Å². The minimum absolute atomic E-state index is 0.0511. The van der Waals surface area contributed by atoms with E-state index in [0.717, 1.165) is 29.1 Å². The lowest BCUT2D eigenvalue weighted by Crippen LogP contribution is -2.37. The maximum Gasteiger partial charge on any atom is 0.272 e. The number of fused-ring (bicyclic) bond motifs is 1. The lowest BCUT2D eigenvalue weighted by molar-refractivity contribution is 0.0726. The summed E-state index contributed by atoms with van der Waals surface area (Å²) in [4.78, 5) is 23.2. The van der Waals surface area contributed by atoms with Crippen molar-refractivity contribution in [3.8, 4) is 5.88 Å². The molecule has 0 radical (unpaired) electrons. The fourth-order valence-corrected chi connectivity index (χ4v) is 3.36. The van der Waals surface area contributed by atoms with E-state index in [1.54, 1.807) is 12.3 Å².